The third-order valence-corrected chi connectivity index (χ3v) is 3.21. The number of rotatable bonds is 2. The van der Waals surface area contributed by atoms with Gasteiger partial charge in [0.1, 0.15) is 11.5 Å². The molecule has 4 heteroatoms. The molecule has 4 nitrogen and oxygen atoms in total. The maximum atomic E-state index is 12.2. The normalized spacial score (nSPS) is 10.5. The number of fused-ring (bicyclic) bond motifs is 1. The van der Waals surface area contributed by atoms with Crippen molar-refractivity contribution in [3.05, 3.63) is 66.2 Å². The highest BCUT2D eigenvalue weighted by atomic mass is 16.3. The monoisotopic (exact) mass is 279 g/mol. The zero-order chi connectivity index (χ0) is 14.8. The first-order chi connectivity index (χ1) is 10.1. The van der Waals surface area contributed by atoms with Crippen LogP contribution in [0.25, 0.3) is 10.8 Å². The van der Waals surface area contributed by atoms with Gasteiger partial charge in [0.25, 0.3) is 5.91 Å². The lowest BCUT2D eigenvalue weighted by Gasteiger charge is -2.08. The van der Waals surface area contributed by atoms with Crippen LogP contribution in [0, 0.1) is 0 Å². The van der Waals surface area contributed by atoms with Crippen LogP contribution in [0.2, 0.25) is 0 Å². The van der Waals surface area contributed by atoms with Crippen molar-refractivity contribution in [1.29, 1.82) is 0 Å². The number of hydrogen-bond donors (Lipinski definition) is 3. The fourth-order valence-corrected chi connectivity index (χ4v) is 2.17. The van der Waals surface area contributed by atoms with E-state index < -0.39 is 0 Å². The van der Waals surface area contributed by atoms with Crippen molar-refractivity contribution in [3.8, 4) is 11.5 Å². The molecule has 0 aliphatic heterocycles. The fraction of sp³-hybridized carbons (Fsp3) is 0. The van der Waals surface area contributed by atoms with E-state index >= 15 is 0 Å². The van der Waals surface area contributed by atoms with Crippen LogP contribution in [-0.4, -0.2) is 16.1 Å². The molecule has 0 unspecified atom stereocenters. The van der Waals surface area contributed by atoms with E-state index in [9.17, 15) is 15.0 Å². The second kappa shape index (κ2) is 5.17. The average Bonchev–Trinajstić information content (AvgIpc) is 2.47. The first-order valence-corrected chi connectivity index (χ1v) is 6.45. The molecule has 0 atom stereocenters. The van der Waals surface area contributed by atoms with Crippen molar-refractivity contribution in [2.75, 3.05) is 5.32 Å². The van der Waals surface area contributed by atoms with Gasteiger partial charge in [0.05, 0.1) is 5.56 Å². The van der Waals surface area contributed by atoms with E-state index in [4.69, 9.17) is 0 Å². The molecule has 3 aromatic carbocycles. The van der Waals surface area contributed by atoms with Crippen LogP contribution < -0.4 is 5.32 Å². The number of nitrogens with one attached hydrogen (secondary N) is 1. The maximum Gasteiger partial charge on any atom is 0.259 e. The van der Waals surface area contributed by atoms with Crippen LogP contribution in [0.5, 0.6) is 11.5 Å². The van der Waals surface area contributed by atoms with E-state index in [1.54, 1.807) is 24.3 Å². The Kier molecular flexibility index (Phi) is 3.20. The first kappa shape index (κ1) is 13.0. The van der Waals surface area contributed by atoms with Gasteiger partial charge < -0.3 is 15.5 Å². The SMILES string of the molecule is O=C(Nc1ccccc1)c1cc2ccc(O)cc2cc1O. The molecular formula is C17H13NO3. The van der Waals surface area contributed by atoms with Gasteiger partial charge in [0.15, 0.2) is 0 Å². The minimum Gasteiger partial charge on any atom is -0.508 e. The largest absolute Gasteiger partial charge is 0.508 e. The van der Waals surface area contributed by atoms with Crippen molar-refractivity contribution >= 4 is 22.4 Å². The van der Waals surface area contributed by atoms with Gasteiger partial charge in [-0.05, 0) is 47.2 Å². The standard InChI is InChI=1S/C17H13NO3/c19-14-7-6-11-9-15(16(20)10-12(11)8-14)17(21)18-13-4-2-1-3-5-13/h1-10,19-20H,(H,18,21). The number of carbonyl (C=O) groups is 1. The Bertz CT molecular complexity index is 813. The number of hydrogen-bond acceptors (Lipinski definition) is 3. The van der Waals surface area contributed by atoms with E-state index in [0.717, 1.165) is 5.39 Å². The summed E-state index contributed by atoms with van der Waals surface area (Å²) in [5.74, 6) is -0.390. The second-order valence-corrected chi connectivity index (χ2v) is 4.72. The van der Waals surface area contributed by atoms with Gasteiger partial charge in [0, 0.05) is 5.69 Å². The number of benzene rings is 3. The van der Waals surface area contributed by atoms with E-state index in [0.29, 0.717) is 11.1 Å². The molecule has 0 heterocycles. The Labute approximate surface area is 121 Å². The van der Waals surface area contributed by atoms with Crippen molar-refractivity contribution in [1.82, 2.24) is 0 Å². The quantitative estimate of drug-likeness (QED) is 0.672. The first-order valence-electron chi connectivity index (χ1n) is 6.45. The molecular weight excluding hydrogens is 266 g/mol. The van der Waals surface area contributed by atoms with Gasteiger partial charge in [-0.25, -0.2) is 0 Å². The highest BCUT2D eigenvalue weighted by molar-refractivity contribution is 6.08. The third kappa shape index (κ3) is 2.65. The Balaban J connectivity index is 1.98. The number of anilines is 1. The number of phenols is 2. The van der Waals surface area contributed by atoms with Crippen LogP contribution in [0.4, 0.5) is 5.69 Å². The molecule has 0 aliphatic rings. The molecule has 3 aromatic rings. The van der Waals surface area contributed by atoms with Gasteiger partial charge in [-0.3, -0.25) is 4.79 Å². The molecule has 0 saturated heterocycles. The summed E-state index contributed by atoms with van der Waals surface area (Å²) in [4.78, 5) is 12.2. The smallest absolute Gasteiger partial charge is 0.259 e. The summed E-state index contributed by atoms with van der Waals surface area (Å²) in [5, 5.41) is 23.6. The van der Waals surface area contributed by atoms with Crippen LogP contribution in [0.15, 0.2) is 60.7 Å². The predicted octanol–water partition coefficient (Wildman–Crippen LogP) is 3.50. The van der Waals surface area contributed by atoms with Crippen molar-refractivity contribution in [2.24, 2.45) is 0 Å². The fourth-order valence-electron chi connectivity index (χ4n) is 2.17. The van der Waals surface area contributed by atoms with Gasteiger partial charge >= 0.3 is 0 Å². The summed E-state index contributed by atoms with van der Waals surface area (Å²) < 4.78 is 0. The summed E-state index contributed by atoms with van der Waals surface area (Å²) in [5.41, 5.74) is 0.852. The van der Waals surface area contributed by atoms with E-state index in [1.807, 2.05) is 18.2 Å². The minimum atomic E-state index is -0.381. The molecule has 0 radical (unpaired) electrons. The lowest BCUT2D eigenvalue weighted by atomic mass is 10.0. The molecule has 3 N–H and O–H groups in total. The van der Waals surface area contributed by atoms with Crippen molar-refractivity contribution in [3.63, 3.8) is 0 Å². The van der Waals surface area contributed by atoms with Crippen molar-refractivity contribution in [2.45, 2.75) is 0 Å². The molecule has 0 spiro atoms. The summed E-state index contributed by atoms with van der Waals surface area (Å²) >= 11 is 0. The van der Waals surface area contributed by atoms with E-state index in [2.05, 4.69) is 5.32 Å². The van der Waals surface area contributed by atoms with Gasteiger partial charge in [-0.2, -0.15) is 0 Å². The number of amides is 1. The molecule has 0 aliphatic carbocycles. The average molecular weight is 279 g/mol. The highest BCUT2D eigenvalue weighted by Crippen LogP contribution is 2.28. The number of para-hydroxylation sites is 1. The van der Waals surface area contributed by atoms with Crippen molar-refractivity contribution < 1.29 is 15.0 Å². The minimum absolute atomic E-state index is 0.114. The summed E-state index contributed by atoms with van der Waals surface area (Å²) in [7, 11) is 0. The van der Waals surface area contributed by atoms with Gasteiger partial charge in [-0.1, -0.05) is 24.3 Å². The third-order valence-electron chi connectivity index (χ3n) is 3.21. The Morgan fingerprint density at radius 3 is 2.38 bits per heavy atom. The molecule has 0 fully saturated rings. The lowest BCUT2D eigenvalue weighted by molar-refractivity contribution is 0.102. The highest BCUT2D eigenvalue weighted by Gasteiger charge is 2.13. The number of phenolic OH excluding ortho intramolecular Hbond substituents is 2. The Hall–Kier alpha value is -3.01. The Morgan fingerprint density at radius 2 is 1.62 bits per heavy atom. The van der Waals surface area contributed by atoms with Crippen LogP contribution in [-0.2, 0) is 0 Å². The maximum absolute atomic E-state index is 12.2. The summed E-state index contributed by atoms with van der Waals surface area (Å²) in [6.07, 6.45) is 0. The zero-order valence-electron chi connectivity index (χ0n) is 11.1. The lowest BCUT2D eigenvalue weighted by Crippen LogP contribution is -2.11. The molecule has 21 heavy (non-hydrogen) atoms. The zero-order valence-corrected chi connectivity index (χ0v) is 11.1. The molecule has 1 amide bonds. The second-order valence-electron chi connectivity index (χ2n) is 4.72. The molecule has 3 rings (SSSR count). The van der Waals surface area contributed by atoms with Crippen LogP contribution in [0.1, 0.15) is 10.4 Å². The molecule has 0 bridgehead atoms. The van der Waals surface area contributed by atoms with Gasteiger partial charge in [0.2, 0.25) is 0 Å². The molecule has 0 saturated carbocycles. The van der Waals surface area contributed by atoms with E-state index in [1.165, 1.54) is 18.2 Å². The van der Waals surface area contributed by atoms with Crippen LogP contribution in [0.3, 0.4) is 0 Å². The molecule has 0 aromatic heterocycles. The molecule has 104 valence electrons. The number of carbonyl (C=O) groups excluding carboxylic acids is 1. The Morgan fingerprint density at radius 1 is 0.857 bits per heavy atom. The van der Waals surface area contributed by atoms with E-state index in [-0.39, 0.29) is 23.0 Å². The van der Waals surface area contributed by atoms with Crippen LogP contribution >= 0.6 is 0 Å². The number of aromatic hydroxyl groups is 2. The predicted molar refractivity (Wildman–Crippen MR) is 81.7 cm³/mol. The summed E-state index contributed by atoms with van der Waals surface area (Å²) in [6, 6.07) is 16.9. The van der Waals surface area contributed by atoms with Gasteiger partial charge in [-0.15, -0.1) is 0 Å². The summed E-state index contributed by atoms with van der Waals surface area (Å²) in [6.45, 7) is 0. The topological polar surface area (TPSA) is 69.6 Å².